The fraction of sp³-hybridized carbons (Fsp3) is 0.0189. The van der Waals surface area contributed by atoms with Crippen LogP contribution < -0.4 is 0 Å². The summed E-state index contributed by atoms with van der Waals surface area (Å²) in [4.78, 5) is 10.3. The van der Waals surface area contributed by atoms with Gasteiger partial charge in [0.15, 0.2) is 5.82 Å². The zero-order valence-corrected chi connectivity index (χ0v) is 30.4. The van der Waals surface area contributed by atoms with E-state index in [0.29, 0.717) is 5.82 Å². The fourth-order valence-electron chi connectivity index (χ4n) is 8.96. The highest BCUT2D eigenvalue weighted by Gasteiger charge is 2.47. The zero-order valence-electron chi connectivity index (χ0n) is 30.4. The predicted octanol–water partition coefficient (Wildman–Crippen LogP) is 13.4. The number of rotatable bonds is 6. The number of hydrogen-bond donors (Lipinski definition) is 0. The van der Waals surface area contributed by atoms with Crippen molar-refractivity contribution in [3.63, 3.8) is 0 Å². The molecule has 0 spiro atoms. The van der Waals surface area contributed by atoms with Gasteiger partial charge in [-0.1, -0.05) is 188 Å². The average Bonchev–Trinajstić information content (AvgIpc) is 3.82. The molecule has 0 amide bonds. The Kier molecular flexibility index (Phi) is 7.39. The maximum absolute atomic E-state index is 6.47. The van der Waals surface area contributed by atoms with Gasteiger partial charge in [0, 0.05) is 27.5 Å². The van der Waals surface area contributed by atoms with E-state index in [4.69, 9.17) is 14.4 Å². The van der Waals surface area contributed by atoms with Crippen molar-refractivity contribution in [2.45, 2.75) is 5.41 Å². The topological polar surface area (TPSA) is 38.9 Å². The van der Waals surface area contributed by atoms with Crippen molar-refractivity contribution in [2.75, 3.05) is 0 Å². The SMILES string of the molecule is c1ccc(-c2nc(-c3ccc(-c4cccc5c4C(c4ccccc4)(c4ccccc4)c4ccccc4-5)cc3)cc(-c3cccc4c3oc3ccccc34)n2)cc1. The van der Waals surface area contributed by atoms with Crippen LogP contribution in [0.5, 0.6) is 0 Å². The van der Waals surface area contributed by atoms with Gasteiger partial charge in [0.1, 0.15) is 11.2 Å². The second-order valence-electron chi connectivity index (χ2n) is 14.4. The summed E-state index contributed by atoms with van der Waals surface area (Å²) in [7, 11) is 0. The average molecular weight is 715 g/mol. The third kappa shape index (κ3) is 4.91. The molecule has 0 saturated heterocycles. The van der Waals surface area contributed by atoms with Crippen LogP contribution in [-0.4, -0.2) is 9.97 Å². The van der Waals surface area contributed by atoms with Gasteiger partial charge in [0.2, 0.25) is 0 Å². The molecule has 262 valence electrons. The molecule has 56 heavy (non-hydrogen) atoms. The van der Waals surface area contributed by atoms with Gasteiger partial charge in [-0.15, -0.1) is 0 Å². The minimum Gasteiger partial charge on any atom is -0.455 e. The van der Waals surface area contributed by atoms with E-state index >= 15 is 0 Å². The summed E-state index contributed by atoms with van der Waals surface area (Å²) in [5.74, 6) is 0.671. The molecule has 3 heteroatoms. The number of aromatic nitrogens is 2. The molecule has 0 aliphatic heterocycles. The van der Waals surface area contributed by atoms with Crippen LogP contribution in [0, 0.1) is 0 Å². The zero-order chi connectivity index (χ0) is 37.1. The number of fused-ring (bicyclic) bond motifs is 6. The number of nitrogens with zero attached hydrogens (tertiary/aromatic N) is 2. The molecular formula is C53H34N2O. The van der Waals surface area contributed by atoms with E-state index < -0.39 is 5.41 Å². The van der Waals surface area contributed by atoms with Crippen molar-refractivity contribution in [3.8, 4) is 56.2 Å². The quantitative estimate of drug-likeness (QED) is 0.172. The lowest BCUT2D eigenvalue weighted by Gasteiger charge is -2.35. The highest BCUT2D eigenvalue weighted by atomic mass is 16.3. The van der Waals surface area contributed by atoms with E-state index in [0.717, 1.165) is 55.6 Å². The van der Waals surface area contributed by atoms with Crippen LogP contribution in [0.25, 0.3) is 78.1 Å². The van der Waals surface area contributed by atoms with Crippen LogP contribution in [0.3, 0.4) is 0 Å². The van der Waals surface area contributed by atoms with Crippen LogP contribution in [0.2, 0.25) is 0 Å². The van der Waals surface area contributed by atoms with E-state index in [9.17, 15) is 0 Å². The maximum atomic E-state index is 6.47. The monoisotopic (exact) mass is 714 g/mol. The van der Waals surface area contributed by atoms with Gasteiger partial charge in [-0.05, 0) is 62.7 Å². The first-order chi connectivity index (χ1) is 27.8. The molecule has 11 rings (SSSR count). The molecular weight excluding hydrogens is 681 g/mol. The van der Waals surface area contributed by atoms with Gasteiger partial charge in [-0.2, -0.15) is 0 Å². The number of hydrogen-bond acceptors (Lipinski definition) is 3. The molecule has 0 unspecified atom stereocenters. The molecule has 2 aromatic heterocycles. The van der Waals surface area contributed by atoms with Crippen molar-refractivity contribution in [1.82, 2.24) is 9.97 Å². The lowest BCUT2D eigenvalue weighted by molar-refractivity contribution is 0.670. The number of benzene rings is 8. The molecule has 10 aromatic rings. The lowest BCUT2D eigenvalue weighted by Crippen LogP contribution is -2.29. The Balaban J connectivity index is 1.09. The molecule has 1 aliphatic rings. The first-order valence-electron chi connectivity index (χ1n) is 19.1. The Hall–Kier alpha value is -7.36. The van der Waals surface area contributed by atoms with Crippen molar-refractivity contribution in [2.24, 2.45) is 0 Å². The van der Waals surface area contributed by atoms with Crippen molar-refractivity contribution < 1.29 is 4.42 Å². The van der Waals surface area contributed by atoms with Crippen LogP contribution >= 0.6 is 0 Å². The minimum atomic E-state index is -0.493. The molecule has 0 N–H and O–H groups in total. The second kappa shape index (κ2) is 12.9. The third-order valence-corrected chi connectivity index (χ3v) is 11.4. The predicted molar refractivity (Wildman–Crippen MR) is 228 cm³/mol. The molecule has 0 bridgehead atoms. The standard InChI is InChI=1S/C53H34N2O/c1-4-16-37(17-5-1)52-54-47(34-48(55-52)45-27-15-26-44-42-23-11-13-29-49(42)56-51(44)45)36-32-30-35(31-33-36)40-24-14-25-43-41-22-10-12-28-46(41)53(50(40)43,38-18-6-2-7-19-38)39-20-8-3-9-21-39/h1-34H. The minimum absolute atomic E-state index is 0.493. The maximum Gasteiger partial charge on any atom is 0.160 e. The molecule has 1 aliphatic carbocycles. The van der Waals surface area contributed by atoms with Gasteiger partial charge in [-0.3, -0.25) is 0 Å². The Labute approximate surface area is 325 Å². The van der Waals surface area contributed by atoms with E-state index in [2.05, 4.69) is 176 Å². The van der Waals surface area contributed by atoms with Crippen molar-refractivity contribution in [3.05, 3.63) is 229 Å². The van der Waals surface area contributed by atoms with Crippen LogP contribution in [0.4, 0.5) is 0 Å². The van der Waals surface area contributed by atoms with Gasteiger partial charge in [0.25, 0.3) is 0 Å². The molecule has 0 saturated carbocycles. The highest BCUT2D eigenvalue weighted by Crippen LogP contribution is 2.58. The Bertz CT molecular complexity index is 3020. The summed E-state index contributed by atoms with van der Waals surface area (Å²) >= 11 is 0. The molecule has 2 heterocycles. The summed E-state index contributed by atoms with van der Waals surface area (Å²) in [5, 5.41) is 2.17. The van der Waals surface area contributed by atoms with Crippen LogP contribution in [-0.2, 0) is 5.41 Å². The van der Waals surface area contributed by atoms with Crippen molar-refractivity contribution in [1.29, 1.82) is 0 Å². The molecule has 0 atom stereocenters. The number of para-hydroxylation sites is 2. The molecule has 0 fully saturated rings. The Morgan fingerprint density at radius 2 is 0.929 bits per heavy atom. The first-order valence-corrected chi connectivity index (χ1v) is 19.1. The van der Waals surface area contributed by atoms with E-state index in [-0.39, 0.29) is 0 Å². The summed E-state index contributed by atoms with van der Waals surface area (Å²) < 4.78 is 6.47. The summed E-state index contributed by atoms with van der Waals surface area (Å²) in [5.41, 5.74) is 15.8. The second-order valence-corrected chi connectivity index (χ2v) is 14.4. The summed E-state index contributed by atoms with van der Waals surface area (Å²) in [6, 6.07) is 73.3. The highest BCUT2D eigenvalue weighted by molar-refractivity contribution is 6.09. The van der Waals surface area contributed by atoms with Gasteiger partial charge >= 0.3 is 0 Å². The Morgan fingerprint density at radius 3 is 1.70 bits per heavy atom. The molecule has 3 nitrogen and oxygen atoms in total. The fourth-order valence-corrected chi connectivity index (χ4v) is 8.96. The van der Waals surface area contributed by atoms with Gasteiger partial charge in [-0.25, -0.2) is 9.97 Å². The summed E-state index contributed by atoms with van der Waals surface area (Å²) in [6.45, 7) is 0. The van der Waals surface area contributed by atoms with E-state index in [1.54, 1.807) is 0 Å². The van der Waals surface area contributed by atoms with Gasteiger partial charge in [0.05, 0.1) is 16.8 Å². The normalized spacial score (nSPS) is 12.8. The van der Waals surface area contributed by atoms with Gasteiger partial charge < -0.3 is 4.42 Å². The lowest BCUT2D eigenvalue weighted by atomic mass is 9.66. The largest absolute Gasteiger partial charge is 0.455 e. The van der Waals surface area contributed by atoms with Crippen molar-refractivity contribution >= 4 is 21.9 Å². The summed E-state index contributed by atoms with van der Waals surface area (Å²) in [6.07, 6.45) is 0. The van der Waals surface area contributed by atoms with E-state index in [1.165, 1.54) is 38.9 Å². The van der Waals surface area contributed by atoms with Crippen LogP contribution in [0.15, 0.2) is 211 Å². The first kappa shape index (κ1) is 32.1. The van der Waals surface area contributed by atoms with E-state index in [1.807, 2.05) is 30.3 Å². The number of furan rings is 1. The third-order valence-electron chi connectivity index (χ3n) is 11.4. The Morgan fingerprint density at radius 1 is 0.375 bits per heavy atom. The molecule has 0 radical (unpaired) electrons. The smallest absolute Gasteiger partial charge is 0.160 e. The van der Waals surface area contributed by atoms with Crippen LogP contribution in [0.1, 0.15) is 22.3 Å². The molecule has 8 aromatic carbocycles.